The fourth-order valence-electron chi connectivity index (χ4n) is 5.14. The van der Waals surface area contributed by atoms with E-state index in [0.29, 0.717) is 24.0 Å². The highest BCUT2D eigenvalue weighted by atomic mass is 19.1. The minimum Gasteiger partial charge on any atom is -0.493 e. The van der Waals surface area contributed by atoms with Crippen LogP contribution in [0.4, 0.5) is 13.2 Å². The molecule has 1 atom stereocenters. The average Bonchev–Trinajstić information content (AvgIpc) is 3.53. The summed E-state index contributed by atoms with van der Waals surface area (Å²) in [4.78, 5) is 0. The largest absolute Gasteiger partial charge is 0.493 e. The molecular weight excluding hydrogens is 385 g/mol. The van der Waals surface area contributed by atoms with Crippen molar-refractivity contribution in [1.82, 2.24) is 0 Å². The number of hydrogen-bond acceptors (Lipinski definition) is 1. The number of ether oxygens (including phenoxy) is 1. The summed E-state index contributed by atoms with van der Waals surface area (Å²) in [5.74, 6) is 0.924. The van der Waals surface area contributed by atoms with Crippen molar-refractivity contribution in [3.63, 3.8) is 0 Å². The first-order chi connectivity index (χ1) is 14.3. The van der Waals surface area contributed by atoms with Crippen molar-refractivity contribution in [3.8, 4) is 5.75 Å². The Morgan fingerprint density at radius 2 is 1.70 bits per heavy atom. The van der Waals surface area contributed by atoms with Crippen molar-refractivity contribution in [2.24, 2.45) is 11.8 Å². The normalized spacial score (nSPS) is 23.2. The van der Waals surface area contributed by atoms with Gasteiger partial charge < -0.3 is 4.74 Å². The Balaban J connectivity index is 1.33. The lowest BCUT2D eigenvalue weighted by molar-refractivity contribution is 0.157. The maximum absolute atomic E-state index is 14.8. The van der Waals surface area contributed by atoms with Crippen LogP contribution in [0.15, 0.2) is 42.5 Å². The molecule has 4 heteroatoms. The van der Waals surface area contributed by atoms with Crippen molar-refractivity contribution in [2.75, 3.05) is 6.61 Å². The lowest BCUT2D eigenvalue weighted by Gasteiger charge is -2.29. The third kappa shape index (κ3) is 5.01. The summed E-state index contributed by atoms with van der Waals surface area (Å²) in [7, 11) is 0. The smallest absolute Gasteiger partial charge is 0.126 e. The first kappa shape index (κ1) is 21.3. The molecule has 2 aromatic rings. The SMILES string of the molecule is CC(C)(F)C(c1cccc(OCC2CCC(c3cc(F)ccc3F)CC2)c1)C1CC1. The van der Waals surface area contributed by atoms with Gasteiger partial charge in [0.15, 0.2) is 0 Å². The van der Waals surface area contributed by atoms with Crippen LogP contribution in [0.5, 0.6) is 5.75 Å². The molecule has 0 heterocycles. The van der Waals surface area contributed by atoms with Gasteiger partial charge >= 0.3 is 0 Å². The number of alkyl halides is 1. The fraction of sp³-hybridized carbons (Fsp3) is 0.538. The van der Waals surface area contributed by atoms with E-state index in [1.807, 2.05) is 24.3 Å². The molecule has 2 fully saturated rings. The van der Waals surface area contributed by atoms with Crippen molar-refractivity contribution >= 4 is 0 Å². The van der Waals surface area contributed by atoms with Gasteiger partial charge in [0, 0.05) is 5.92 Å². The molecule has 2 saturated carbocycles. The third-order valence-electron chi connectivity index (χ3n) is 6.78. The Kier molecular flexibility index (Phi) is 6.13. The molecule has 1 unspecified atom stereocenters. The van der Waals surface area contributed by atoms with Crippen molar-refractivity contribution in [1.29, 1.82) is 0 Å². The van der Waals surface area contributed by atoms with Crippen molar-refractivity contribution in [3.05, 3.63) is 65.2 Å². The van der Waals surface area contributed by atoms with E-state index < -0.39 is 5.67 Å². The summed E-state index contributed by atoms with van der Waals surface area (Å²) in [5, 5.41) is 0. The maximum atomic E-state index is 14.8. The first-order valence-electron chi connectivity index (χ1n) is 11.2. The molecule has 162 valence electrons. The molecule has 2 aliphatic rings. The zero-order chi connectivity index (χ0) is 21.3. The molecule has 0 bridgehead atoms. The summed E-state index contributed by atoms with van der Waals surface area (Å²) in [6.07, 6.45) is 5.74. The van der Waals surface area contributed by atoms with Gasteiger partial charge in [0.2, 0.25) is 0 Å². The maximum Gasteiger partial charge on any atom is 0.126 e. The lowest BCUT2D eigenvalue weighted by atomic mass is 9.79. The fourth-order valence-corrected chi connectivity index (χ4v) is 5.14. The highest BCUT2D eigenvalue weighted by Crippen LogP contribution is 2.50. The molecular formula is C26H31F3O. The Hall–Kier alpha value is -1.97. The van der Waals surface area contributed by atoms with E-state index in [0.717, 1.165) is 49.8 Å². The minimum absolute atomic E-state index is 0.0753. The molecule has 30 heavy (non-hydrogen) atoms. The zero-order valence-electron chi connectivity index (χ0n) is 17.8. The second kappa shape index (κ2) is 8.64. The van der Waals surface area contributed by atoms with E-state index in [4.69, 9.17) is 4.74 Å². The van der Waals surface area contributed by atoms with E-state index in [1.54, 1.807) is 13.8 Å². The topological polar surface area (TPSA) is 9.23 Å². The number of hydrogen-bond donors (Lipinski definition) is 0. The van der Waals surface area contributed by atoms with Gasteiger partial charge in [-0.3, -0.25) is 0 Å². The number of halogens is 3. The molecule has 0 amide bonds. The second-order valence-corrected chi connectivity index (χ2v) is 9.65. The molecule has 2 aromatic carbocycles. The van der Waals surface area contributed by atoms with E-state index in [-0.39, 0.29) is 23.5 Å². The Morgan fingerprint density at radius 3 is 2.37 bits per heavy atom. The molecule has 0 spiro atoms. The summed E-state index contributed by atoms with van der Waals surface area (Å²) < 4.78 is 48.4. The minimum atomic E-state index is -1.25. The van der Waals surface area contributed by atoms with Gasteiger partial charge in [0.05, 0.1) is 6.61 Å². The van der Waals surface area contributed by atoms with Gasteiger partial charge in [0.25, 0.3) is 0 Å². The van der Waals surface area contributed by atoms with Crippen LogP contribution in [0.2, 0.25) is 0 Å². The zero-order valence-corrected chi connectivity index (χ0v) is 17.8. The molecule has 0 radical (unpaired) electrons. The van der Waals surface area contributed by atoms with Crippen LogP contribution >= 0.6 is 0 Å². The van der Waals surface area contributed by atoms with Crippen LogP contribution in [0.25, 0.3) is 0 Å². The molecule has 0 aromatic heterocycles. The van der Waals surface area contributed by atoms with Crippen LogP contribution in [-0.2, 0) is 0 Å². The highest BCUT2D eigenvalue weighted by molar-refractivity contribution is 5.33. The molecule has 4 rings (SSSR count). The summed E-state index contributed by atoms with van der Waals surface area (Å²) >= 11 is 0. The van der Waals surface area contributed by atoms with Gasteiger partial charge in [-0.1, -0.05) is 12.1 Å². The standard InChI is InChI=1S/C26H31F3O/c1-26(2,29)25(19-10-11-19)20-4-3-5-22(14-20)30-16-17-6-8-18(9-7-17)23-15-21(27)12-13-24(23)28/h3-5,12-15,17-19,25H,6-11,16H2,1-2H3. The molecule has 2 aliphatic carbocycles. The van der Waals surface area contributed by atoms with Crippen LogP contribution in [-0.4, -0.2) is 12.3 Å². The molecule has 0 saturated heterocycles. The van der Waals surface area contributed by atoms with Crippen LogP contribution in [0.3, 0.4) is 0 Å². The molecule has 0 N–H and O–H groups in total. The Morgan fingerprint density at radius 1 is 0.967 bits per heavy atom. The number of rotatable bonds is 7. The van der Waals surface area contributed by atoms with E-state index in [9.17, 15) is 13.2 Å². The number of benzene rings is 2. The van der Waals surface area contributed by atoms with Crippen molar-refractivity contribution in [2.45, 2.75) is 69.9 Å². The monoisotopic (exact) mass is 416 g/mol. The predicted molar refractivity (Wildman–Crippen MR) is 114 cm³/mol. The van der Waals surface area contributed by atoms with Crippen LogP contribution < -0.4 is 4.74 Å². The molecule has 1 nitrogen and oxygen atoms in total. The van der Waals surface area contributed by atoms with Gasteiger partial charge in [-0.25, -0.2) is 13.2 Å². The predicted octanol–water partition coefficient (Wildman–Crippen LogP) is 7.56. The molecule has 0 aliphatic heterocycles. The van der Waals surface area contributed by atoms with Gasteiger partial charge in [-0.05, 0) is 112 Å². The van der Waals surface area contributed by atoms with Gasteiger partial charge in [0.1, 0.15) is 23.1 Å². The van der Waals surface area contributed by atoms with E-state index in [1.165, 1.54) is 18.2 Å². The summed E-state index contributed by atoms with van der Waals surface area (Å²) in [5.41, 5.74) is 0.277. The summed E-state index contributed by atoms with van der Waals surface area (Å²) in [6.45, 7) is 3.95. The first-order valence-corrected chi connectivity index (χ1v) is 11.2. The van der Waals surface area contributed by atoms with E-state index >= 15 is 0 Å². The highest BCUT2D eigenvalue weighted by Gasteiger charge is 2.42. The second-order valence-electron chi connectivity index (χ2n) is 9.65. The average molecular weight is 417 g/mol. The van der Waals surface area contributed by atoms with Gasteiger partial charge in [-0.2, -0.15) is 0 Å². The summed E-state index contributed by atoms with van der Waals surface area (Å²) in [6, 6.07) is 11.6. The quantitative estimate of drug-likeness (QED) is 0.452. The van der Waals surface area contributed by atoms with Crippen LogP contribution in [0.1, 0.15) is 75.3 Å². The van der Waals surface area contributed by atoms with Crippen molar-refractivity contribution < 1.29 is 17.9 Å². The Bertz CT molecular complexity index is 861. The lowest BCUT2D eigenvalue weighted by Crippen LogP contribution is -2.25. The third-order valence-corrected chi connectivity index (χ3v) is 6.78. The van der Waals surface area contributed by atoms with E-state index in [2.05, 4.69) is 0 Å². The van der Waals surface area contributed by atoms with Crippen LogP contribution in [0, 0.1) is 23.5 Å². The van der Waals surface area contributed by atoms with Gasteiger partial charge in [-0.15, -0.1) is 0 Å². The Labute approximate surface area is 177 Å².